The first-order valence-electron chi connectivity index (χ1n) is 5.06. The van der Waals surface area contributed by atoms with Gasteiger partial charge in [-0.1, -0.05) is 29.3 Å². The number of nitriles is 1. The molecule has 0 saturated heterocycles. The molecule has 1 saturated carbocycles. The van der Waals surface area contributed by atoms with Crippen LogP contribution in [0, 0.1) is 11.3 Å². The van der Waals surface area contributed by atoms with Gasteiger partial charge in [0.05, 0.1) is 6.07 Å². The fourth-order valence-electron chi connectivity index (χ4n) is 1.72. The Morgan fingerprint density at radius 2 is 2.27 bits per heavy atom. The lowest BCUT2D eigenvalue weighted by Gasteiger charge is -2.18. The number of halogens is 1. The van der Waals surface area contributed by atoms with Crippen molar-refractivity contribution in [1.29, 1.82) is 5.26 Å². The molecule has 0 heterocycles. The number of sulfonamides is 1. The highest BCUT2D eigenvalue weighted by Crippen LogP contribution is 2.26. The smallest absolute Gasteiger partial charge is 0.211 e. The molecule has 3 unspecified atom stereocenters. The van der Waals surface area contributed by atoms with Crippen LogP contribution in [-0.2, 0) is 10.0 Å². The maximum atomic E-state index is 11.7. The highest BCUT2D eigenvalue weighted by molar-refractivity contribution is 9.09. The van der Waals surface area contributed by atoms with Crippen molar-refractivity contribution < 1.29 is 8.42 Å². The molecule has 1 rings (SSSR count). The maximum Gasteiger partial charge on any atom is 0.228 e. The van der Waals surface area contributed by atoms with E-state index in [9.17, 15) is 8.42 Å². The minimum atomic E-state index is -3.48. The fraction of sp³-hybridized carbons (Fsp3) is 0.889. The average molecular weight is 295 g/mol. The summed E-state index contributed by atoms with van der Waals surface area (Å²) in [5.74, 6) is 0. The Morgan fingerprint density at radius 3 is 2.67 bits per heavy atom. The van der Waals surface area contributed by atoms with Crippen LogP contribution in [0.25, 0.3) is 0 Å². The van der Waals surface area contributed by atoms with Crippen molar-refractivity contribution in [2.24, 2.45) is 0 Å². The van der Waals surface area contributed by atoms with Crippen molar-refractivity contribution in [1.82, 2.24) is 4.72 Å². The molecule has 0 bridgehead atoms. The third-order valence-electron chi connectivity index (χ3n) is 2.64. The molecule has 0 aromatic carbocycles. The Labute approximate surface area is 99.2 Å². The van der Waals surface area contributed by atoms with Gasteiger partial charge in [0.1, 0.15) is 0 Å². The SMILES string of the molecule is CCC(C#N)S(=O)(=O)NC1CCCC1Br. The quantitative estimate of drug-likeness (QED) is 0.799. The predicted octanol–water partition coefficient (Wildman–Crippen LogP) is 1.52. The molecule has 15 heavy (non-hydrogen) atoms. The van der Waals surface area contributed by atoms with Crippen LogP contribution in [0.2, 0.25) is 0 Å². The molecule has 1 N–H and O–H groups in total. The zero-order valence-corrected chi connectivity index (χ0v) is 11.0. The number of nitrogens with one attached hydrogen (secondary N) is 1. The summed E-state index contributed by atoms with van der Waals surface area (Å²) in [7, 11) is -3.48. The minimum absolute atomic E-state index is 0.0580. The normalized spacial score (nSPS) is 28.6. The van der Waals surface area contributed by atoms with E-state index in [-0.39, 0.29) is 10.9 Å². The van der Waals surface area contributed by atoms with Crippen molar-refractivity contribution in [3.8, 4) is 6.07 Å². The average Bonchev–Trinajstić information content (AvgIpc) is 2.52. The summed E-state index contributed by atoms with van der Waals surface area (Å²) >= 11 is 3.44. The predicted molar refractivity (Wildman–Crippen MR) is 62.1 cm³/mol. The fourth-order valence-corrected chi connectivity index (χ4v) is 4.06. The molecule has 0 radical (unpaired) electrons. The largest absolute Gasteiger partial charge is 0.228 e. The number of alkyl halides is 1. The van der Waals surface area contributed by atoms with Gasteiger partial charge in [-0.2, -0.15) is 5.26 Å². The van der Waals surface area contributed by atoms with Crippen molar-refractivity contribution in [3.63, 3.8) is 0 Å². The van der Waals surface area contributed by atoms with Crippen LogP contribution < -0.4 is 4.72 Å². The highest BCUT2D eigenvalue weighted by atomic mass is 79.9. The second kappa shape index (κ2) is 5.28. The molecule has 1 aliphatic rings. The summed E-state index contributed by atoms with van der Waals surface area (Å²) < 4.78 is 26.1. The van der Waals surface area contributed by atoms with Gasteiger partial charge in [0.25, 0.3) is 0 Å². The topological polar surface area (TPSA) is 70.0 Å². The standard InChI is InChI=1S/C9H15BrN2O2S/c1-2-7(6-11)15(13,14)12-9-5-3-4-8(9)10/h7-9,12H,2-5H2,1H3. The molecule has 0 amide bonds. The van der Waals surface area contributed by atoms with Crippen molar-refractivity contribution in [3.05, 3.63) is 0 Å². The van der Waals surface area contributed by atoms with Gasteiger partial charge in [-0.15, -0.1) is 0 Å². The molecule has 3 atom stereocenters. The van der Waals surface area contributed by atoms with Gasteiger partial charge in [-0.25, -0.2) is 13.1 Å². The molecular formula is C9H15BrN2O2S. The first-order valence-corrected chi connectivity index (χ1v) is 7.52. The van der Waals surface area contributed by atoms with Crippen LogP contribution in [0.3, 0.4) is 0 Å². The molecule has 0 aromatic heterocycles. The van der Waals surface area contributed by atoms with Gasteiger partial charge in [-0.05, 0) is 19.3 Å². The lowest BCUT2D eigenvalue weighted by atomic mass is 10.3. The van der Waals surface area contributed by atoms with Crippen molar-refractivity contribution >= 4 is 26.0 Å². The summed E-state index contributed by atoms with van der Waals surface area (Å²) in [4.78, 5) is 0.198. The molecule has 86 valence electrons. The molecular weight excluding hydrogens is 280 g/mol. The molecule has 1 aliphatic carbocycles. The van der Waals surface area contributed by atoms with E-state index in [0.717, 1.165) is 19.3 Å². The molecule has 6 heteroatoms. The number of rotatable bonds is 4. The van der Waals surface area contributed by atoms with Crippen molar-refractivity contribution in [2.45, 2.75) is 48.7 Å². The number of hydrogen-bond acceptors (Lipinski definition) is 3. The summed E-state index contributed by atoms with van der Waals surface area (Å²) in [5.41, 5.74) is 0. The third kappa shape index (κ3) is 3.16. The Hall–Kier alpha value is -0.120. The summed E-state index contributed by atoms with van der Waals surface area (Å²) in [5, 5.41) is 7.79. The van der Waals surface area contributed by atoms with Crippen molar-refractivity contribution in [2.75, 3.05) is 0 Å². The van der Waals surface area contributed by atoms with Gasteiger partial charge >= 0.3 is 0 Å². The summed E-state index contributed by atoms with van der Waals surface area (Å²) in [6.07, 6.45) is 3.17. The first-order chi connectivity index (χ1) is 7.01. The Bertz CT molecular complexity index is 350. The zero-order chi connectivity index (χ0) is 11.5. The van der Waals surface area contributed by atoms with Crippen LogP contribution >= 0.6 is 15.9 Å². The lowest BCUT2D eigenvalue weighted by Crippen LogP contribution is -2.42. The third-order valence-corrected chi connectivity index (χ3v) is 5.55. The van der Waals surface area contributed by atoms with E-state index in [4.69, 9.17) is 5.26 Å². The van der Waals surface area contributed by atoms with Gasteiger partial charge < -0.3 is 0 Å². The van der Waals surface area contributed by atoms with Gasteiger partial charge in [0.15, 0.2) is 5.25 Å². The van der Waals surface area contributed by atoms with Gasteiger partial charge in [0, 0.05) is 10.9 Å². The van der Waals surface area contributed by atoms with E-state index in [1.165, 1.54) is 0 Å². The van der Waals surface area contributed by atoms with Crippen LogP contribution in [0.4, 0.5) is 0 Å². The zero-order valence-electron chi connectivity index (χ0n) is 8.61. The van der Waals surface area contributed by atoms with Crippen LogP contribution in [0.5, 0.6) is 0 Å². The van der Waals surface area contributed by atoms with Gasteiger partial charge in [0.2, 0.25) is 10.0 Å². The highest BCUT2D eigenvalue weighted by Gasteiger charge is 2.32. The van der Waals surface area contributed by atoms with Gasteiger partial charge in [-0.3, -0.25) is 0 Å². The number of nitrogens with zero attached hydrogens (tertiary/aromatic N) is 1. The van der Waals surface area contributed by atoms with E-state index < -0.39 is 15.3 Å². The Kier molecular flexibility index (Phi) is 4.56. The molecule has 0 aliphatic heterocycles. The Balaban J connectivity index is 2.68. The van der Waals surface area contributed by atoms with Crippen LogP contribution in [-0.4, -0.2) is 24.5 Å². The Morgan fingerprint density at radius 1 is 1.60 bits per heavy atom. The molecule has 0 aromatic rings. The van der Waals surface area contributed by atoms with Crippen LogP contribution in [0.15, 0.2) is 0 Å². The minimum Gasteiger partial charge on any atom is -0.211 e. The second-order valence-electron chi connectivity index (χ2n) is 3.74. The second-order valence-corrected chi connectivity index (χ2v) is 6.81. The monoisotopic (exact) mass is 294 g/mol. The lowest BCUT2D eigenvalue weighted by molar-refractivity contribution is 0.548. The van der Waals surface area contributed by atoms with E-state index in [0.29, 0.717) is 6.42 Å². The summed E-state index contributed by atoms with van der Waals surface area (Å²) in [6, 6.07) is 1.76. The maximum absolute atomic E-state index is 11.7. The summed E-state index contributed by atoms with van der Waals surface area (Å²) in [6.45, 7) is 1.70. The van der Waals surface area contributed by atoms with E-state index in [2.05, 4.69) is 20.7 Å². The van der Waals surface area contributed by atoms with E-state index in [1.54, 1.807) is 6.92 Å². The van der Waals surface area contributed by atoms with E-state index >= 15 is 0 Å². The number of hydrogen-bond donors (Lipinski definition) is 1. The first kappa shape index (κ1) is 12.9. The van der Waals surface area contributed by atoms with E-state index in [1.807, 2.05) is 6.07 Å². The van der Waals surface area contributed by atoms with Crippen LogP contribution in [0.1, 0.15) is 32.6 Å². The molecule has 4 nitrogen and oxygen atoms in total. The molecule has 0 spiro atoms. The molecule has 1 fully saturated rings.